The number of nitrogens with one attached hydrogen (secondary N) is 2. The summed E-state index contributed by atoms with van der Waals surface area (Å²) in [6, 6.07) is 13.6. The number of carbonyl (C=O) groups is 1. The van der Waals surface area contributed by atoms with Crippen LogP contribution in [0.4, 0.5) is 4.39 Å². The molecule has 27 heavy (non-hydrogen) atoms. The van der Waals surface area contributed by atoms with Crippen LogP contribution in [-0.4, -0.2) is 16.9 Å². The normalized spacial score (nSPS) is 16.8. The minimum absolute atomic E-state index is 0.0208. The predicted molar refractivity (Wildman–Crippen MR) is 104 cm³/mol. The van der Waals surface area contributed by atoms with Crippen LogP contribution in [0.3, 0.4) is 0 Å². The van der Waals surface area contributed by atoms with Crippen molar-refractivity contribution >= 4 is 22.4 Å². The molecule has 0 saturated heterocycles. The Morgan fingerprint density at radius 1 is 1.11 bits per heavy atom. The molecule has 1 aliphatic rings. The highest BCUT2D eigenvalue weighted by molar-refractivity contribution is 5.97. The molecule has 0 aliphatic heterocycles. The summed E-state index contributed by atoms with van der Waals surface area (Å²) >= 11 is 0. The van der Waals surface area contributed by atoms with Gasteiger partial charge in [0.15, 0.2) is 0 Å². The van der Waals surface area contributed by atoms with Gasteiger partial charge in [-0.2, -0.15) is 0 Å². The van der Waals surface area contributed by atoms with Crippen LogP contribution >= 0.6 is 0 Å². The molecule has 4 nitrogen and oxygen atoms in total. The number of para-hydroxylation sites is 1. The second kappa shape index (κ2) is 7.19. The van der Waals surface area contributed by atoms with E-state index < -0.39 is 0 Å². The number of halogens is 1. The van der Waals surface area contributed by atoms with Gasteiger partial charge >= 0.3 is 0 Å². The molecule has 2 aromatic carbocycles. The number of benzene rings is 2. The van der Waals surface area contributed by atoms with Crippen molar-refractivity contribution in [2.45, 2.75) is 25.3 Å². The Hall–Kier alpha value is -3.21. The van der Waals surface area contributed by atoms with Gasteiger partial charge < -0.3 is 10.3 Å². The van der Waals surface area contributed by atoms with E-state index in [4.69, 9.17) is 0 Å². The van der Waals surface area contributed by atoms with Crippen molar-refractivity contribution in [2.24, 2.45) is 0 Å². The number of H-pyrrole nitrogens is 1. The van der Waals surface area contributed by atoms with Gasteiger partial charge in [0.1, 0.15) is 11.4 Å². The van der Waals surface area contributed by atoms with Gasteiger partial charge in [-0.3, -0.25) is 9.59 Å². The van der Waals surface area contributed by atoms with Crippen LogP contribution in [0.25, 0.3) is 16.5 Å². The van der Waals surface area contributed by atoms with Gasteiger partial charge in [0, 0.05) is 23.1 Å². The number of aromatic nitrogens is 1. The number of allylic oxidation sites excluding steroid dienone is 1. The highest BCUT2D eigenvalue weighted by Gasteiger charge is 2.20. The van der Waals surface area contributed by atoms with Gasteiger partial charge in [-0.05, 0) is 54.7 Å². The van der Waals surface area contributed by atoms with Gasteiger partial charge in [-0.1, -0.05) is 30.3 Å². The third-order valence-electron chi connectivity index (χ3n) is 4.99. The maximum Gasteiger partial charge on any atom is 0.256 e. The van der Waals surface area contributed by atoms with Crippen molar-refractivity contribution in [2.75, 3.05) is 0 Å². The van der Waals surface area contributed by atoms with E-state index in [-0.39, 0.29) is 28.8 Å². The topological polar surface area (TPSA) is 62.0 Å². The van der Waals surface area contributed by atoms with Crippen LogP contribution in [0.2, 0.25) is 0 Å². The molecule has 0 saturated carbocycles. The fourth-order valence-corrected chi connectivity index (χ4v) is 3.49. The molecule has 0 bridgehead atoms. The molecule has 1 aliphatic carbocycles. The monoisotopic (exact) mass is 362 g/mol. The molecular weight excluding hydrogens is 343 g/mol. The van der Waals surface area contributed by atoms with Gasteiger partial charge in [0.2, 0.25) is 5.43 Å². The van der Waals surface area contributed by atoms with Crippen molar-refractivity contribution in [3.8, 4) is 0 Å². The molecule has 0 unspecified atom stereocenters. The van der Waals surface area contributed by atoms with E-state index in [1.807, 2.05) is 6.07 Å². The zero-order chi connectivity index (χ0) is 18.8. The third kappa shape index (κ3) is 3.53. The smallest absolute Gasteiger partial charge is 0.256 e. The van der Waals surface area contributed by atoms with Crippen LogP contribution in [0.5, 0.6) is 0 Å². The lowest BCUT2D eigenvalue weighted by Crippen LogP contribution is -2.38. The summed E-state index contributed by atoms with van der Waals surface area (Å²) < 4.78 is 13.1. The number of pyridine rings is 1. The summed E-state index contributed by atoms with van der Waals surface area (Å²) in [5.41, 5.74) is 2.74. The molecule has 4 rings (SSSR count). The fraction of sp³-hybridized carbons (Fsp3) is 0.182. The summed E-state index contributed by atoms with van der Waals surface area (Å²) in [6.07, 6.45) is 5.81. The standard InChI is InChI=1S/C22H19FN2O2/c23-16-9-5-14(6-10-16)15-7-11-17(12-8-15)25-22(27)19-13-24-20-4-2-1-3-18(20)21(19)26/h1-7,9-10,13,17H,8,11-12H2,(H,24,26)(H,25,27)/t17-/m0/s1. The fourth-order valence-electron chi connectivity index (χ4n) is 3.49. The number of amides is 1. The molecule has 1 atom stereocenters. The Balaban J connectivity index is 1.47. The van der Waals surface area contributed by atoms with E-state index in [9.17, 15) is 14.0 Å². The molecule has 1 amide bonds. The first-order valence-electron chi connectivity index (χ1n) is 8.98. The molecule has 5 heteroatoms. The number of aromatic amines is 1. The van der Waals surface area contributed by atoms with E-state index in [1.165, 1.54) is 18.3 Å². The molecule has 136 valence electrons. The van der Waals surface area contributed by atoms with Gasteiger partial charge in [0.05, 0.1) is 0 Å². The van der Waals surface area contributed by atoms with E-state index in [0.717, 1.165) is 24.0 Å². The summed E-state index contributed by atoms with van der Waals surface area (Å²) in [7, 11) is 0. The first kappa shape index (κ1) is 17.2. The Labute approximate surface area is 155 Å². The highest BCUT2D eigenvalue weighted by atomic mass is 19.1. The Morgan fingerprint density at radius 2 is 1.89 bits per heavy atom. The van der Waals surface area contributed by atoms with Crippen molar-refractivity contribution in [3.63, 3.8) is 0 Å². The van der Waals surface area contributed by atoms with E-state index in [1.54, 1.807) is 30.3 Å². The van der Waals surface area contributed by atoms with Crippen LogP contribution in [0.1, 0.15) is 35.2 Å². The van der Waals surface area contributed by atoms with Crippen LogP contribution in [-0.2, 0) is 0 Å². The van der Waals surface area contributed by atoms with Crippen molar-refractivity contribution in [1.82, 2.24) is 10.3 Å². The van der Waals surface area contributed by atoms with Crippen molar-refractivity contribution in [1.29, 1.82) is 0 Å². The summed E-state index contributed by atoms with van der Waals surface area (Å²) in [5.74, 6) is -0.605. The minimum Gasteiger partial charge on any atom is -0.360 e. The SMILES string of the molecule is O=C(N[C@H]1CC=C(c2ccc(F)cc2)CC1)c1c[nH]c2ccccc2c1=O. The van der Waals surface area contributed by atoms with Crippen molar-refractivity contribution in [3.05, 3.63) is 88.0 Å². The second-order valence-corrected chi connectivity index (χ2v) is 6.76. The minimum atomic E-state index is -0.356. The number of carbonyl (C=O) groups excluding carboxylic acids is 1. The average Bonchev–Trinajstić information content (AvgIpc) is 2.70. The average molecular weight is 362 g/mol. The lowest BCUT2D eigenvalue weighted by atomic mass is 9.90. The summed E-state index contributed by atoms with van der Waals surface area (Å²) in [6.45, 7) is 0. The molecule has 2 N–H and O–H groups in total. The van der Waals surface area contributed by atoms with Crippen molar-refractivity contribution < 1.29 is 9.18 Å². The first-order chi connectivity index (χ1) is 13.1. The second-order valence-electron chi connectivity index (χ2n) is 6.76. The molecule has 1 aromatic heterocycles. The van der Waals surface area contributed by atoms with Gasteiger partial charge in [0.25, 0.3) is 5.91 Å². The Morgan fingerprint density at radius 3 is 2.63 bits per heavy atom. The lowest BCUT2D eigenvalue weighted by molar-refractivity contribution is 0.0933. The molecule has 0 fully saturated rings. The van der Waals surface area contributed by atoms with E-state index in [0.29, 0.717) is 17.3 Å². The van der Waals surface area contributed by atoms with Gasteiger partial charge in [-0.15, -0.1) is 0 Å². The Bertz CT molecular complexity index is 1080. The maximum absolute atomic E-state index is 13.1. The number of fused-ring (bicyclic) bond motifs is 1. The van der Waals surface area contributed by atoms with Crippen LogP contribution in [0.15, 0.2) is 65.6 Å². The molecule has 1 heterocycles. The Kier molecular flexibility index (Phi) is 4.59. The maximum atomic E-state index is 13.1. The molecular formula is C22H19FN2O2. The molecule has 0 spiro atoms. The van der Waals surface area contributed by atoms with Crippen LogP contribution < -0.4 is 10.7 Å². The number of hydrogen-bond acceptors (Lipinski definition) is 2. The quantitative estimate of drug-likeness (QED) is 0.739. The third-order valence-corrected chi connectivity index (χ3v) is 4.99. The summed E-state index contributed by atoms with van der Waals surface area (Å²) in [5, 5.41) is 3.47. The summed E-state index contributed by atoms with van der Waals surface area (Å²) in [4.78, 5) is 28.1. The van der Waals surface area contributed by atoms with Crippen LogP contribution in [0, 0.1) is 5.82 Å². The first-order valence-corrected chi connectivity index (χ1v) is 8.98. The predicted octanol–water partition coefficient (Wildman–Crippen LogP) is 4.03. The number of hydrogen-bond donors (Lipinski definition) is 2. The lowest BCUT2D eigenvalue weighted by Gasteiger charge is -2.23. The molecule has 0 radical (unpaired) electrons. The molecule has 3 aromatic rings. The number of rotatable bonds is 3. The van der Waals surface area contributed by atoms with E-state index >= 15 is 0 Å². The zero-order valence-corrected chi connectivity index (χ0v) is 14.7. The zero-order valence-electron chi connectivity index (χ0n) is 14.7. The largest absolute Gasteiger partial charge is 0.360 e. The highest BCUT2D eigenvalue weighted by Crippen LogP contribution is 2.27. The van der Waals surface area contributed by atoms with Gasteiger partial charge in [-0.25, -0.2) is 4.39 Å². The van der Waals surface area contributed by atoms with E-state index in [2.05, 4.69) is 16.4 Å².